The van der Waals surface area contributed by atoms with Gasteiger partial charge < -0.3 is 26.0 Å². The summed E-state index contributed by atoms with van der Waals surface area (Å²) < 4.78 is 0. The molecule has 2 aromatic carbocycles. The van der Waals surface area contributed by atoms with E-state index in [1.54, 1.807) is 60.9 Å². The number of phenolic OH excluding ortho intramolecular Hbond substituents is 1. The van der Waals surface area contributed by atoms with Crippen LogP contribution in [0, 0.1) is 5.41 Å². The molecule has 3 heterocycles. The highest BCUT2D eigenvalue weighted by molar-refractivity contribution is 6.11. The molecule has 2 aliphatic heterocycles. The summed E-state index contributed by atoms with van der Waals surface area (Å²) in [4.78, 5) is 45.3. The number of carbonyl (C=O) groups excluding carboxylic acids is 3. The summed E-state index contributed by atoms with van der Waals surface area (Å²) in [7, 11) is 0. The smallest absolute Gasteiger partial charge is 0.251 e. The zero-order valence-corrected chi connectivity index (χ0v) is 24.2. The van der Waals surface area contributed by atoms with E-state index in [9.17, 15) is 19.5 Å². The number of piperidine rings is 1. The minimum absolute atomic E-state index is 0.0500. The largest absolute Gasteiger partial charge is 0.507 e. The molecule has 2 atom stereocenters. The summed E-state index contributed by atoms with van der Waals surface area (Å²) in [5.74, 6) is -0.851. The molecule has 3 aromatic rings. The van der Waals surface area contributed by atoms with E-state index >= 15 is 0 Å². The van der Waals surface area contributed by atoms with Crippen LogP contribution in [0.3, 0.4) is 0 Å². The zero-order chi connectivity index (χ0) is 29.7. The van der Waals surface area contributed by atoms with Crippen molar-refractivity contribution in [2.75, 3.05) is 31.1 Å². The third kappa shape index (κ3) is 6.97. The number of anilines is 1. The highest BCUT2D eigenvalue weighted by atomic mass is 16.3. The summed E-state index contributed by atoms with van der Waals surface area (Å²) in [5, 5.41) is 20.2. The molecule has 0 radical (unpaired) electrons. The van der Waals surface area contributed by atoms with E-state index in [4.69, 9.17) is 0 Å². The maximum absolute atomic E-state index is 13.2. The summed E-state index contributed by atoms with van der Waals surface area (Å²) in [6.45, 7) is 7.71. The van der Waals surface area contributed by atoms with E-state index in [1.807, 2.05) is 6.07 Å². The van der Waals surface area contributed by atoms with Gasteiger partial charge in [0.2, 0.25) is 0 Å². The monoisotopic (exact) mass is 569 g/mol. The number of carbonyl (C=O) groups is 3. The lowest BCUT2D eigenvalue weighted by Gasteiger charge is -2.38. The van der Waals surface area contributed by atoms with Gasteiger partial charge in [0.05, 0.1) is 17.6 Å². The third-order valence-electron chi connectivity index (χ3n) is 8.41. The molecule has 2 saturated heterocycles. The number of benzene rings is 2. The highest BCUT2D eigenvalue weighted by Crippen LogP contribution is 2.34. The van der Waals surface area contributed by atoms with Crippen LogP contribution in [0.4, 0.5) is 5.69 Å². The molecule has 2 fully saturated rings. The molecule has 2 amide bonds. The minimum Gasteiger partial charge on any atom is -0.507 e. The number of hydrogen-bond acceptors (Lipinski definition) is 7. The Labute approximate surface area is 246 Å². The van der Waals surface area contributed by atoms with E-state index in [-0.39, 0.29) is 41.0 Å². The molecule has 9 heteroatoms. The van der Waals surface area contributed by atoms with Gasteiger partial charge in [-0.3, -0.25) is 19.4 Å². The van der Waals surface area contributed by atoms with E-state index in [0.717, 1.165) is 44.6 Å². The van der Waals surface area contributed by atoms with Crippen molar-refractivity contribution in [3.8, 4) is 5.75 Å². The van der Waals surface area contributed by atoms with Crippen molar-refractivity contribution in [2.45, 2.75) is 51.6 Å². The molecule has 2 aliphatic rings. The highest BCUT2D eigenvalue weighted by Gasteiger charge is 2.28. The van der Waals surface area contributed by atoms with Gasteiger partial charge in [0.25, 0.3) is 11.8 Å². The standard InChI is InChI=1S/C33H39N5O4/c1-33(2)13-18-38(19-14-33)25-9-10-26(29(39)20-25)30(40)22-5-7-23(8-6-22)31(41)36-27-4-3-15-35-21-28(27)37-32(42)24-11-16-34-17-12-24/h5-12,16-17,20,27-28,35,39H,3-4,13-15,18-19,21H2,1-2H3,(H,36,41)(H,37,42)/t27-,28-/m1/s1. The first-order valence-electron chi connectivity index (χ1n) is 14.7. The number of nitrogens with zero attached hydrogens (tertiary/aromatic N) is 2. The first-order valence-corrected chi connectivity index (χ1v) is 14.7. The number of ketones is 1. The summed E-state index contributed by atoms with van der Waals surface area (Å²) in [5.41, 5.74) is 2.77. The molecule has 1 aromatic heterocycles. The quantitative estimate of drug-likeness (QED) is 0.318. The lowest BCUT2D eigenvalue weighted by molar-refractivity contribution is 0.0882. The molecule has 0 spiro atoms. The number of phenols is 1. The van der Waals surface area contributed by atoms with Gasteiger partial charge in [-0.15, -0.1) is 0 Å². The number of nitrogens with one attached hydrogen (secondary N) is 3. The average Bonchev–Trinajstić information content (AvgIpc) is 3.21. The van der Waals surface area contributed by atoms with Crippen molar-refractivity contribution in [2.24, 2.45) is 5.41 Å². The van der Waals surface area contributed by atoms with E-state index in [0.29, 0.717) is 35.1 Å². The van der Waals surface area contributed by atoms with Gasteiger partial charge in [0, 0.05) is 60.5 Å². The molecule has 220 valence electrons. The normalized spacial score (nSPS) is 20.3. The molecule has 42 heavy (non-hydrogen) atoms. The second-order valence-corrected chi connectivity index (χ2v) is 12.0. The number of aromatic nitrogens is 1. The lowest BCUT2D eigenvalue weighted by Crippen LogP contribution is -2.54. The first kappa shape index (κ1) is 29.3. The van der Waals surface area contributed by atoms with Gasteiger partial charge in [-0.25, -0.2) is 0 Å². The number of rotatable bonds is 7. The number of amides is 2. The first-order chi connectivity index (χ1) is 20.2. The van der Waals surface area contributed by atoms with Crippen molar-refractivity contribution in [1.29, 1.82) is 0 Å². The van der Waals surface area contributed by atoms with E-state index in [2.05, 4.69) is 39.7 Å². The van der Waals surface area contributed by atoms with Gasteiger partial charge in [-0.1, -0.05) is 26.0 Å². The Morgan fingerprint density at radius 1 is 0.881 bits per heavy atom. The van der Waals surface area contributed by atoms with Crippen molar-refractivity contribution >= 4 is 23.3 Å². The molecule has 9 nitrogen and oxygen atoms in total. The van der Waals surface area contributed by atoms with E-state index < -0.39 is 0 Å². The van der Waals surface area contributed by atoms with Crippen molar-refractivity contribution < 1.29 is 19.5 Å². The molecule has 0 bridgehead atoms. The van der Waals surface area contributed by atoms with Crippen LogP contribution in [-0.2, 0) is 0 Å². The predicted octanol–water partition coefficient (Wildman–Crippen LogP) is 3.93. The van der Waals surface area contributed by atoms with Crippen LogP contribution in [0.25, 0.3) is 0 Å². The fraction of sp³-hybridized carbons (Fsp3) is 0.394. The minimum atomic E-state index is -0.306. The topological polar surface area (TPSA) is 124 Å². The number of pyridine rings is 1. The molecule has 5 rings (SSSR count). The van der Waals surface area contributed by atoms with Crippen molar-refractivity contribution in [1.82, 2.24) is 20.9 Å². The molecule has 0 aliphatic carbocycles. The fourth-order valence-electron chi connectivity index (χ4n) is 5.59. The maximum atomic E-state index is 13.2. The summed E-state index contributed by atoms with van der Waals surface area (Å²) in [6.07, 6.45) is 6.86. The Kier molecular flexibility index (Phi) is 8.87. The van der Waals surface area contributed by atoms with E-state index in [1.165, 1.54) is 0 Å². The van der Waals surface area contributed by atoms with Crippen LogP contribution in [0.2, 0.25) is 0 Å². The molecular weight excluding hydrogens is 530 g/mol. The van der Waals surface area contributed by atoms with Gasteiger partial charge in [0.15, 0.2) is 5.78 Å². The Bertz CT molecular complexity index is 1410. The van der Waals surface area contributed by atoms with Crippen LogP contribution < -0.4 is 20.9 Å². The molecule has 0 saturated carbocycles. The van der Waals surface area contributed by atoms with Crippen LogP contribution in [-0.4, -0.2) is 66.0 Å². The zero-order valence-electron chi connectivity index (χ0n) is 24.2. The average molecular weight is 570 g/mol. The third-order valence-corrected chi connectivity index (χ3v) is 8.41. The maximum Gasteiger partial charge on any atom is 0.251 e. The number of aromatic hydroxyl groups is 1. The second-order valence-electron chi connectivity index (χ2n) is 12.0. The molecule has 0 unspecified atom stereocenters. The van der Waals surface area contributed by atoms with Gasteiger partial charge in [-0.2, -0.15) is 0 Å². The Hall–Kier alpha value is -4.24. The van der Waals surface area contributed by atoms with Crippen LogP contribution in [0.15, 0.2) is 67.0 Å². The fourth-order valence-corrected chi connectivity index (χ4v) is 5.59. The van der Waals surface area contributed by atoms with Crippen LogP contribution in [0.5, 0.6) is 5.75 Å². The van der Waals surface area contributed by atoms with Crippen molar-refractivity contribution in [3.05, 3.63) is 89.2 Å². The van der Waals surface area contributed by atoms with Crippen molar-refractivity contribution in [3.63, 3.8) is 0 Å². The summed E-state index contributed by atoms with van der Waals surface area (Å²) in [6, 6.07) is 14.4. The summed E-state index contributed by atoms with van der Waals surface area (Å²) >= 11 is 0. The second kappa shape index (κ2) is 12.7. The van der Waals surface area contributed by atoms with Gasteiger partial charge in [-0.05, 0) is 74.0 Å². The Morgan fingerprint density at radius 3 is 2.17 bits per heavy atom. The molecule has 4 N–H and O–H groups in total. The lowest BCUT2D eigenvalue weighted by atomic mass is 9.82. The SMILES string of the molecule is CC1(C)CCN(c2ccc(C(=O)c3ccc(C(=O)N[C@@H]4CCCNC[C@H]4NC(=O)c4ccncc4)cc3)c(O)c2)CC1. The van der Waals surface area contributed by atoms with Crippen LogP contribution in [0.1, 0.15) is 76.2 Å². The van der Waals surface area contributed by atoms with Gasteiger partial charge >= 0.3 is 0 Å². The van der Waals surface area contributed by atoms with Gasteiger partial charge in [0.1, 0.15) is 5.75 Å². The number of hydrogen-bond donors (Lipinski definition) is 4. The molecular formula is C33H39N5O4. The Morgan fingerprint density at radius 2 is 1.50 bits per heavy atom. The predicted molar refractivity (Wildman–Crippen MR) is 162 cm³/mol. The van der Waals surface area contributed by atoms with Crippen LogP contribution >= 0.6 is 0 Å². The Balaban J connectivity index is 1.22.